The number of anilines is 1. The van der Waals surface area contributed by atoms with Crippen LogP contribution >= 0.6 is 15.9 Å². The zero-order valence-corrected chi connectivity index (χ0v) is 16.1. The molecule has 0 unspecified atom stereocenters. The summed E-state index contributed by atoms with van der Waals surface area (Å²) in [6, 6.07) is 10.1. The average molecular weight is 434 g/mol. The predicted octanol–water partition coefficient (Wildman–Crippen LogP) is 3.45. The molecule has 1 amide bonds. The van der Waals surface area contributed by atoms with Crippen molar-refractivity contribution in [2.75, 3.05) is 19.0 Å². The van der Waals surface area contributed by atoms with Crippen molar-refractivity contribution in [1.82, 2.24) is 10.1 Å². The number of nitrogens with zero attached hydrogens (tertiary/aromatic N) is 1. The Bertz CT molecular complexity index is 1030. The van der Waals surface area contributed by atoms with Gasteiger partial charge in [-0.3, -0.25) is 14.3 Å². The van der Waals surface area contributed by atoms with Crippen molar-refractivity contribution in [1.29, 1.82) is 0 Å². The fraction of sp³-hybridized carbons (Fsp3) is 0.167. The number of methoxy groups -OCH3 is 1. The highest BCUT2D eigenvalue weighted by Crippen LogP contribution is 2.36. The molecule has 0 bridgehead atoms. The number of benzene rings is 2. The molecule has 0 aliphatic carbocycles. The van der Waals surface area contributed by atoms with Crippen LogP contribution in [0.3, 0.4) is 0 Å². The van der Waals surface area contributed by atoms with E-state index in [1.165, 1.54) is 7.11 Å². The first kappa shape index (κ1) is 18.7. The minimum absolute atomic E-state index is 0.279. The molecular formula is C18H16BrN3O5. The first-order valence-electron chi connectivity index (χ1n) is 8.00. The third-order valence-corrected chi connectivity index (χ3v) is 4.20. The Morgan fingerprint density at radius 3 is 2.81 bits per heavy atom. The van der Waals surface area contributed by atoms with Crippen LogP contribution in [0.4, 0.5) is 5.69 Å². The van der Waals surface area contributed by atoms with E-state index in [0.717, 1.165) is 0 Å². The van der Waals surface area contributed by atoms with E-state index in [1.54, 1.807) is 36.4 Å². The van der Waals surface area contributed by atoms with Crippen LogP contribution < -0.4 is 20.5 Å². The molecule has 1 aromatic heterocycles. The Morgan fingerprint density at radius 2 is 2.15 bits per heavy atom. The maximum atomic E-state index is 12.6. The first-order chi connectivity index (χ1) is 13.0. The molecule has 8 nitrogen and oxygen atoms in total. The molecule has 0 saturated carbocycles. The second-order valence-electron chi connectivity index (χ2n) is 5.40. The van der Waals surface area contributed by atoms with E-state index >= 15 is 0 Å². The lowest BCUT2D eigenvalue weighted by molar-refractivity contribution is 0.102. The van der Waals surface area contributed by atoms with E-state index in [2.05, 4.69) is 35.9 Å². The van der Waals surface area contributed by atoms with Gasteiger partial charge >= 0.3 is 5.76 Å². The maximum Gasteiger partial charge on any atom is 0.439 e. The van der Waals surface area contributed by atoms with E-state index < -0.39 is 5.76 Å². The van der Waals surface area contributed by atoms with Gasteiger partial charge < -0.3 is 14.8 Å². The van der Waals surface area contributed by atoms with Crippen molar-refractivity contribution in [3.63, 3.8) is 0 Å². The number of H-pyrrole nitrogens is 1. The number of hydrogen-bond donors (Lipinski definition) is 2. The number of carbonyl (C=O) groups is 1. The molecule has 2 N–H and O–H groups in total. The molecule has 3 aromatic rings. The Labute approximate surface area is 162 Å². The van der Waals surface area contributed by atoms with E-state index in [1.807, 2.05) is 6.92 Å². The van der Waals surface area contributed by atoms with Gasteiger partial charge in [0.2, 0.25) is 0 Å². The molecule has 2 aromatic carbocycles. The van der Waals surface area contributed by atoms with Crippen molar-refractivity contribution >= 4 is 27.5 Å². The van der Waals surface area contributed by atoms with E-state index in [9.17, 15) is 9.59 Å². The highest BCUT2D eigenvalue weighted by atomic mass is 79.9. The maximum absolute atomic E-state index is 12.6. The third-order valence-electron chi connectivity index (χ3n) is 3.61. The second-order valence-corrected chi connectivity index (χ2v) is 6.26. The van der Waals surface area contributed by atoms with Gasteiger partial charge in [0.25, 0.3) is 5.91 Å². The van der Waals surface area contributed by atoms with Gasteiger partial charge in [0.05, 0.1) is 18.2 Å². The molecule has 0 fully saturated rings. The van der Waals surface area contributed by atoms with Crippen LogP contribution in [0.1, 0.15) is 17.3 Å². The number of halogens is 1. The van der Waals surface area contributed by atoms with Gasteiger partial charge in [-0.15, -0.1) is 0 Å². The Kier molecular flexibility index (Phi) is 5.60. The van der Waals surface area contributed by atoms with Crippen LogP contribution in [-0.4, -0.2) is 29.8 Å². The van der Waals surface area contributed by atoms with Gasteiger partial charge in [0.15, 0.2) is 17.3 Å². The molecular weight excluding hydrogens is 418 g/mol. The lowest BCUT2D eigenvalue weighted by atomic mass is 10.1. The van der Waals surface area contributed by atoms with Crippen LogP contribution in [-0.2, 0) is 0 Å². The van der Waals surface area contributed by atoms with Crippen LogP contribution in [0.5, 0.6) is 11.5 Å². The van der Waals surface area contributed by atoms with Gasteiger partial charge in [-0.25, -0.2) is 4.79 Å². The summed E-state index contributed by atoms with van der Waals surface area (Å²) in [7, 11) is 1.51. The summed E-state index contributed by atoms with van der Waals surface area (Å²) in [6.07, 6.45) is 0. The quantitative estimate of drug-likeness (QED) is 0.616. The smallest absolute Gasteiger partial charge is 0.439 e. The van der Waals surface area contributed by atoms with Crippen molar-refractivity contribution in [3.8, 4) is 22.9 Å². The third kappa shape index (κ3) is 4.20. The van der Waals surface area contributed by atoms with E-state index in [0.29, 0.717) is 39.4 Å². The fourth-order valence-electron chi connectivity index (χ4n) is 2.44. The molecule has 0 atom stereocenters. The molecule has 1 heterocycles. The molecule has 27 heavy (non-hydrogen) atoms. The normalized spacial score (nSPS) is 10.5. The average Bonchev–Trinajstić information content (AvgIpc) is 3.10. The number of ether oxygens (including phenoxy) is 2. The zero-order valence-electron chi connectivity index (χ0n) is 14.5. The fourth-order valence-corrected chi connectivity index (χ4v) is 2.99. The lowest BCUT2D eigenvalue weighted by Gasteiger charge is -2.13. The number of nitrogens with one attached hydrogen (secondary N) is 2. The first-order valence-corrected chi connectivity index (χ1v) is 8.79. The van der Waals surface area contributed by atoms with Gasteiger partial charge in [-0.05, 0) is 47.1 Å². The summed E-state index contributed by atoms with van der Waals surface area (Å²) in [4.78, 5) is 26.2. The Morgan fingerprint density at radius 1 is 1.33 bits per heavy atom. The molecule has 3 rings (SSSR count). The zero-order chi connectivity index (χ0) is 19.4. The molecule has 0 saturated heterocycles. The van der Waals surface area contributed by atoms with E-state index in [-0.39, 0.29) is 11.7 Å². The van der Waals surface area contributed by atoms with Crippen LogP contribution in [0.2, 0.25) is 0 Å². The number of aromatic amines is 1. The van der Waals surface area contributed by atoms with Crippen molar-refractivity contribution in [2.45, 2.75) is 6.92 Å². The summed E-state index contributed by atoms with van der Waals surface area (Å²) >= 11 is 3.40. The van der Waals surface area contributed by atoms with E-state index in [4.69, 9.17) is 9.47 Å². The monoisotopic (exact) mass is 433 g/mol. The summed E-state index contributed by atoms with van der Waals surface area (Å²) < 4.78 is 16.0. The second kappa shape index (κ2) is 8.09. The van der Waals surface area contributed by atoms with Gasteiger partial charge in [-0.1, -0.05) is 17.3 Å². The topological polar surface area (TPSA) is 106 Å². The molecule has 0 spiro atoms. The summed E-state index contributed by atoms with van der Waals surface area (Å²) in [5.41, 5.74) is 1.52. The van der Waals surface area contributed by atoms with Gasteiger partial charge in [0, 0.05) is 16.8 Å². The number of carbonyl (C=O) groups excluding carboxylic acids is 1. The summed E-state index contributed by atoms with van der Waals surface area (Å²) in [6.45, 7) is 2.33. The highest BCUT2D eigenvalue weighted by Gasteiger charge is 2.16. The molecule has 0 radical (unpaired) electrons. The molecule has 0 aliphatic rings. The van der Waals surface area contributed by atoms with Crippen molar-refractivity contribution in [2.24, 2.45) is 0 Å². The summed E-state index contributed by atoms with van der Waals surface area (Å²) in [5, 5.41) is 6.43. The summed E-state index contributed by atoms with van der Waals surface area (Å²) in [5.74, 6) is 0.286. The van der Waals surface area contributed by atoms with Gasteiger partial charge in [0.1, 0.15) is 0 Å². The minimum atomic E-state index is -0.647. The van der Waals surface area contributed by atoms with Crippen LogP contribution in [0.15, 0.2) is 50.2 Å². The molecule has 9 heteroatoms. The van der Waals surface area contributed by atoms with Crippen LogP contribution in [0.25, 0.3) is 11.4 Å². The number of aromatic nitrogens is 2. The Hall–Kier alpha value is -3.07. The number of amides is 1. The van der Waals surface area contributed by atoms with Crippen molar-refractivity contribution < 1.29 is 18.8 Å². The Balaban J connectivity index is 1.85. The number of hydrogen-bond acceptors (Lipinski definition) is 6. The highest BCUT2D eigenvalue weighted by molar-refractivity contribution is 9.10. The lowest BCUT2D eigenvalue weighted by Crippen LogP contribution is -2.12. The SMILES string of the molecule is CCOc1c(Br)cc(C(=O)Nc2cccc(-c3noc(=O)[nH]3)c2)cc1OC. The molecule has 0 aliphatic heterocycles. The predicted molar refractivity (Wildman–Crippen MR) is 102 cm³/mol. The minimum Gasteiger partial charge on any atom is -0.493 e. The van der Waals surface area contributed by atoms with Gasteiger partial charge in [-0.2, -0.15) is 0 Å². The van der Waals surface area contributed by atoms with Crippen molar-refractivity contribution in [3.05, 3.63) is 57.0 Å². The number of rotatable bonds is 6. The standard InChI is InChI=1S/C18H16BrN3O5/c1-3-26-15-13(19)8-11(9-14(15)25-2)17(23)20-12-6-4-5-10(7-12)16-21-18(24)27-22-16/h4-9H,3H2,1-2H3,(H,20,23)(H,21,22,24). The largest absolute Gasteiger partial charge is 0.493 e. The molecule has 140 valence electrons. The van der Waals surface area contributed by atoms with Crippen LogP contribution in [0, 0.1) is 0 Å².